The zero-order chi connectivity index (χ0) is 17.3. The number of carboxylic acid groups (broad SMARTS) is 1. The third-order valence-electron chi connectivity index (χ3n) is 5.41. The predicted molar refractivity (Wildman–Crippen MR) is 85.6 cm³/mol. The molecule has 0 unspecified atom stereocenters. The van der Waals surface area contributed by atoms with Crippen LogP contribution in [0.5, 0.6) is 11.5 Å². The number of methoxy groups -OCH3 is 2. The van der Waals surface area contributed by atoms with E-state index < -0.39 is 17.8 Å². The summed E-state index contributed by atoms with van der Waals surface area (Å²) in [6.07, 6.45) is 3.57. The topological polar surface area (TPSA) is 87.7 Å². The van der Waals surface area contributed by atoms with Gasteiger partial charge in [0.25, 0.3) is 0 Å². The first-order chi connectivity index (χ1) is 11.5. The zero-order valence-electron chi connectivity index (χ0n) is 13.9. The van der Waals surface area contributed by atoms with Crippen LogP contribution in [-0.4, -0.2) is 26.1 Å². The summed E-state index contributed by atoms with van der Waals surface area (Å²) < 4.78 is 10.4. The fourth-order valence-electron chi connectivity index (χ4n) is 4.27. The lowest BCUT2D eigenvalue weighted by atomic mass is 9.58. The Morgan fingerprint density at radius 2 is 1.46 bits per heavy atom. The summed E-state index contributed by atoms with van der Waals surface area (Å²) in [5.74, 6) is -1.29. The molecule has 3 aliphatic rings. The van der Waals surface area contributed by atoms with Crippen LogP contribution >= 0.6 is 0 Å². The van der Waals surface area contributed by atoms with Crippen molar-refractivity contribution in [1.29, 1.82) is 0 Å². The highest BCUT2D eigenvalue weighted by Gasteiger charge is 2.47. The van der Waals surface area contributed by atoms with Crippen molar-refractivity contribution < 1.29 is 24.2 Å². The Balaban J connectivity index is 1.82. The molecule has 3 saturated carbocycles. The Labute approximate surface area is 141 Å². The third kappa shape index (κ3) is 3.05. The molecule has 3 fully saturated rings. The standard InChI is InChI=1S/C18H23NO5/c1-23-13-7-12(8-14(9-13)24-2)19-17(20)15-10-3-5-11(6-4-10)16(15)18(21)22/h7-11,15-16H,3-6H2,1-2H3,(H,19,20)(H,21,22)/p-1/t10?,11?,15-,16-/m1/s1. The summed E-state index contributed by atoms with van der Waals surface area (Å²) in [6, 6.07) is 5.09. The number of fused-ring (bicyclic) bond motifs is 3. The lowest BCUT2D eigenvalue weighted by molar-refractivity contribution is -0.318. The first kappa shape index (κ1) is 16.6. The van der Waals surface area contributed by atoms with Gasteiger partial charge in [0.1, 0.15) is 11.5 Å². The van der Waals surface area contributed by atoms with Crippen molar-refractivity contribution >= 4 is 17.6 Å². The Morgan fingerprint density at radius 1 is 0.958 bits per heavy atom. The van der Waals surface area contributed by atoms with Crippen LogP contribution in [0.25, 0.3) is 0 Å². The van der Waals surface area contributed by atoms with E-state index in [0.717, 1.165) is 25.7 Å². The summed E-state index contributed by atoms with van der Waals surface area (Å²) in [7, 11) is 3.07. The molecule has 6 heteroatoms. The second-order valence-electron chi connectivity index (χ2n) is 6.64. The van der Waals surface area contributed by atoms with Crippen LogP contribution in [0.1, 0.15) is 25.7 Å². The molecule has 0 saturated heterocycles. The van der Waals surface area contributed by atoms with Crippen molar-refractivity contribution in [3.63, 3.8) is 0 Å². The molecule has 1 aromatic carbocycles. The van der Waals surface area contributed by atoms with Gasteiger partial charge in [0.05, 0.1) is 14.2 Å². The predicted octanol–water partition coefficient (Wildman–Crippen LogP) is 1.44. The van der Waals surface area contributed by atoms with E-state index in [1.54, 1.807) is 18.2 Å². The summed E-state index contributed by atoms with van der Waals surface area (Å²) in [6.45, 7) is 0. The average molecular weight is 332 g/mol. The summed E-state index contributed by atoms with van der Waals surface area (Å²) in [5, 5.41) is 14.4. The van der Waals surface area contributed by atoms with E-state index in [9.17, 15) is 14.7 Å². The number of hydrogen-bond acceptors (Lipinski definition) is 5. The van der Waals surface area contributed by atoms with Crippen molar-refractivity contribution in [3.8, 4) is 11.5 Å². The van der Waals surface area contributed by atoms with Gasteiger partial charge < -0.3 is 24.7 Å². The Morgan fingerprint density at radius 3 is 1.92 bits per heavy atom. The van der Waals surface area contributed by atoms with Crippen molar-refractivity contribution in [2.24, 2.45) is 23.7 Å². The highest BCUT2D eigenvalue weighted by atomic mass is 16.5. The number of rotatable bonds is 5. The van der Waals surface area contributed by atoms with Gasteiger partial charge in [-0.2, -0.15) is 0 Å². The van der Waals surface area contributed by atoms with Gasteiger partial charge in [-0.15, -0.1) is 0 Å². The van der Waals surface area contributed by atoms with Crippen molar-refractivity contribution in [2.45, 2.75) is 25.7 Å². The fraction of sp³-hybridized carbons (Fsp3) is 0.556. The van der Waals surface area contributed by atoms with Crippen molar-refractivity contribution in [3.05, 3.63) is 18.2 Å². The number of anilines is 1. The number of carbonyl (C=O) groups excluding carboxylic acids is 2. The maximum atomic E-state index is 12.8. The van der Waals surface area contributed by atoms with E-state index in [-0.39, 0.29) is 17.7 Å². The van der Waals surface area contributed by atoms with E-state index in [4.69, 9.17) is 9.47 Å². The molecule has 6 nitrogen and oxygen atoms in total. The van der Waals surface area contributed by atoms with Crippen LogP contribution in [0.15, 0.2) is 18.2 Å². The number of ether oxygens (including phenoxy) is 2. The second kappa shape index (κ2) is 6.71. The van der Waals surface area contributed by atoms with Crippen molar-refractivity contribution in [1.82, 2.24) is 0 Å². The molecule has 4 rings (SSSR count). The van der Waals surface area contributed by atoms with Gasteiger partial charge in [-0.1, -0.05) is 0 Å². The average Bonchev–Trinajstić information content (AvgIpc) is 2.61. The number of hydrogen-bond donors (Lipinski definition) is 1. The van der Waals surface area contributed by atoms with Gasteiger partial charge in [0.2, 0.25) is 5.91 Å². The maximum Gasteiger partial charge on any atom is 0.228 e. The SMILES string of the molecule is COc1cc(NC(=O)[C@@H]2C3CCC(CC3)[C@H]2C(=O)[O-])cc(OC)c1. The number of benzene rings is 1. The number of amides is 1. The quantitative estimate of drug-likeness (QED) is 0.881. The highest BCUT2D eigenvalue weighted by molar-refractivity contribution is 5.95. The number of nitrogens with one attached hydrogen (secondary N) is 1. The van der Waals surface area contributed by atoms with Crippen LogP contribution in [-0.2, 0) is 9.59 Å². The van der Waals surface area contributed by atoms with Crippen LogP contribution in [0, 0.1) is 23.7 Å². The number of aliphatic carboxylic acids is 1. The molecule has 2 atom stereocenters. The van der Waals surface area contributed by atoms with E-state index in [0.29, 0.717) is 17.2 Å². The van der Waals surface area contributed by atoms with Crippen LogP contribution in [0.4, 0.5) is 5.69 Å². The fourth-order valence-corrected chi connectivity index (χ4v) is 4.27. The molecule has 130 valence electrons. The monoisotopic (exact) mass is 332 g/mol. The maximum absolute atomic E-state index is 12.8. The third-order valence-corrected chi connectivity index (χ3v) is 5.41. The molecule has 0 radical (unpaired) electrons. The van der Waals surface area contributed by atoms with E-state index in [1.807, 2.05) is 0 Å². The molecule has 0 spiro atoms. The van der Waals surface area contributed by atoms with Gasteiger partial charge in [-0.25, -0.2) is 0 Å². The Hall–Kier alpha value is -2.24. The molecule has 2 bridgehead atoms. The highest BCUT2D eigenvalue weighted by Crippen LogP contribution is 2.49. The molecule has 1 amide bonds. The molecular weight excluding hydrogens is 310 g/mol. The summed E-state index contributed by atoms with van der Waals surface area (Å²) in [5.41, 5.74) is 0.537. The van der Waals surface area contributed by atoms with Gasteiger partial charge >= 0.3 is 0 Å². The van der Waals surface area contributed by atoms with E-state index in [1.165, 1.54) is 14.2 Å². The zero-order valence-corrected chi connectivity index (χ0v) is 13.9. The van der Waals surface area contributed by atoms with Gasteiger partial charge in [-0.3, -0.25) is 4.79 Å². The second-order valence-corrected chi connectivity index (χ2v) is 6.64. The normalized spacial score (nSPS) is 28.2. The van der Waals surface area contributed by atoms with Crippen LogP contribution in [0.3, 0.4) is 0 Å². The first-order valence-corrected chi connectivity index (χ1v) is 8.28. The summed E-state index contributed by atoms with van der Waals surface area (Å²) >= 11 is 0. The smallest absolute Gasteiger partial charge is 0.228 e. The Kier molecular flexibility index (Phi) is 4.64. The Bertz CT molecular complexity index is 614. The van der Waals surface area contributed by atoms with E-state index in [2.05, 4.69) is 5.32 Å². The van der Waals surface area contributed by atoms with Crippen LogP contribution < -0.4 is 19.9 Å². The molecule has 24 heavy (non-hydrogen) atoms. The molecule has 0 aliphatic heterocycles. The number of carboxylic acids is 1. The minimum absolute atomic E-state index is 0.0515. The van der Waals surface area contributed by atoms with Crippen LogP contribution in [0.2, 0.25) is 0 Å². The molecular formula is C18H22NO5-. The molecule has 0 heterocycles. The van der Waals surface area contributed by atoms with Gasteiger partial charge in [0.15, 0.2) is 0 Å². The molecule has 3 aliphatic carbocycles. The lowest BCUT2D eigenvalue weighted by Gasteiger charge is -2.48. The molecule has 0 aromatic heterocycles. The minimum atomic E-state index is -1.10. The molecule has 1 N–H and O–H groups in total. The summed E-state index contributed by atoms with van der Waals surface area (Å²) in [4.78, 5) is 24.4. The largest absolute Gasteiger partial charge is 0.550 e. The minimum Gasteiger partial charge on any atom is -0.550 e. The first-order valence-electron chi connectivity index (χ1n) is 8.28. The van der Waals surface area contributed by atoms with E-state index >= 15 is 0 Å². The number of carbonyl (C=O) groups is 2. The lowest BCUT2D eigenvalue weighted by Crippen LogP contribution is -2.52. The molecule has 1 aromatic rings. The van der Waals surface area contributed by atoms with Gasteiger partial charge in [-0.05, 0) is 37.5 Å². The van der Waals surface area contributed by atoms with Crippen molar-refractivity contribution in [2.75, 3.05) is 19.5 Å². The van der Waals surface area contributed by atoms with Gasteiger partial charge in [0, 0.05) is 41.7 Å².